The van der Waals surface area contributed by atoms with E-state index in [9.17, 15) is 14.0 Å². The Bertz CT molecular complexity index is 2000. The number of hydrogen-bond acceptors (Lipinski definition) is 7. The summed E-state index contributed by atoms with van der Waals surface area (Å²) in [7, 11) is 0. The molecule has 1 aliphatic rings. The van der Waals surface area contributed by atoms with Crippen LogP contribution in [0.3, 0.4) is 0 Å². The number of esters is 1. The molecule has 3 aromatic carbocycles. The molecule has 1 atom stereocenters. The van der Waals surface area contributed by atoms with Crippen molar-refractivity contribution in [1.82, 2.24) is 4.57 Å². The van der Waals surface area contributed by atoms with Gasteiger partial charge in [-0.2, -0.15) is 0 Å². The van der Waals surface area contributed by atoms with Gasteiger partial charge < -0.3 is 9.47 Å². The van der Waals surface area contributed by atoms with Crippen LogP contribution in [0.2, 0.25) is 0 Å². The van der Waals surface area contributed by atoms with Crippen LogP contribution in [-0.2, 0) is 16.1 Å². The fourth-order valence-electron chi connectivity index (χ4n) is 4.77. The zero-order chi connectivity index (χ0) is 29.9. The smallest absolute Gasteiger partial charge is 0.338 e. The molecule has 2 aromatic heterocycles. The highest BCUT2D eigenvalue weighted by Gasteiger charge is 2.35. The summed E-state index contributed by atoms with van der Waals surface area (Å²) < 4.78 is 27.4. The predicted octanol–water partition coefficient (Wildman–Crippen LogP) is 6.48. The zero-order valence-corrected chi connectivity index (χ0v) is 26.0. The number of benzene rings is 3. The average molecular weight is 676 g/mol. The van der Waals surface area contributed by atoms with Gasteiger partial charge in [0.05, 0.1) is 26.9 Å². The number of halogens is 2. The van der Waals surface area contributed by atoms with Crippen LogP contribution in [0, 0.1) is 5.82 Å². The highest BCUT2D eigenvalue weighted by atomic mass is 79.9. The second-order valence-electron chi connectivity index (χ2n) is 9.55. The zero-order valence-electron chi connectivity index (χ0n) is 22.8. The second kappa shape index (κ2) is 12.6. The largest absolute Gasteiger partial charge is 0.488 e. The molecular formula is C33H24BrFN2O4S2. The van der Waals surface area contributed by atoms with E-state index < -0.39 is 12.0 Å². The number of carbonyl (C=O) groups is 1. The topological polar surface area (TPSA) is 69.9 Å². The molecule has 0 spiro atoms. The summed E-state index contributed by atoms with van der Waals surface area (Å²) in [6.07, 6.45) is 1.81. The third kappa shape index (κ3) is 6.04. The Morgan fingerprint density at radius 2 is 1.86 bits per heavy atom. The van der Waals surface area contributed by atoms with Gasteiger partial charge in [0.25, 0.3) is 5.56 Å². The molecule has 0 aliphatic carbocycles. The van der Waals surface area contributed by atoms with Crippen molar-refractivity contribution in [2.75, 3.05) is 6.61 Å². The van der Waals surface area contributed by atoms with Gasteiger partial charge in [-0.3, -0.25) is 9.36 Å². The summed E-state index contributed by atoms with van der Waals surface area (Å²) >= 11 is 6.31. The maximum atomic E-state index is 14.0. The Labute approximate surface area is 262 Å². The SMILES string of the molecule is CCOC(=O)C1=C(c2ccccc2)N=c2s/c(=C\c3ccc(OCc4ccc(F)cc4)c(Br)c3)c(=O)n2[C@@H]1c1cccs1. The van der Waals surface area contributed by atoms with E-state index in [0.29, 0.717) is 30.8 Å². The van der Waals surface area contributed by atoms with Gasteiger partial charge in [0.2, 0.25) is 0 Å². The third-order valence-corrected chi connectivity index (χ3v) is 9.28. The lowest BCUT2D eigenvalue weighted by molar-refractivity contribution is -0.138. The third-order valence-electron chi connectivity index (χ3n) is 6.75. The van der Waals surface area contributed by atoms with Crippen molar-refractivity contribution in [2.45, 2.75) is 19.6 Å². The minimum atomic E-state index is -0.679. The summed E-state index contributed by atoms with van der Waals surface area (Å²) in [5, 5.41) is 1.92. The molecule has 6 rings (SSSR count). The monoisotopic (exact) mass is 674 g/mol. The van der Waals surface area contributed by atoms with Crippen molar-refractivity contribution in [3.8, 4) is 5.75 Å². The van der Waals surface area contributed by atoms with Crippen molar-refractivity contribution in [3.63, 3.8) is 0 Å². The maximum absolute atomic E-state index is 14.0. The van der Waals surface area contributed by atoms with Crippen molar-refractivity contribution >= 4 is 56.3 Å². The summed E-state index contributed by atoms with van der Waals surface area (Å²) in [4.78, 5) is 33.6. The molecule has 0 radical (unpaired) electrons. The van der Waals surface area contributed by atoms with Crippen LogP contribution in [0.5, 0.6) is 5.75 Å². The minimum absolute atomic E-state index is 0.199. The number of hydrogen-bond donors (Lipinski definition) is 0. The van der Waals surface area contributed by atoms with Crippen molar-refractivity contribution in [3.05, 3.63) is 147 Å². The van der Waals surface area contributed by atoms with E-state index in [1.807, 2.05) is 66.0 Å². The van der Waals surface area contributed by atoms with Gasteiger partial charge in [0, 0.05) is 10.4 Å². The van der Waals surface area contributed by atoms with Gasteiger partial charge in [-0.05, 0) is 75.8 Å². The lowest BCUT2D eigenvalue weighted by atomic mass is 9.97. The van der Waals surface area contributed by atoms with Crippen LogP contribution in [0.4, 0.5) is 4.39 Å². The summed E-state index contributed by atoms with van der Waals surface area (Å²) in [5.41, 5.74) is 2.98. The maximum Gasteiger partial charge on any atom is 0.338 e. The molecule has 43 heavy (non-hydrogen) atoms. The molecule has 6 nitrogen and oxygen atoms in total. The Kier molecular flexibility index (Phi) is 8.51. The lowest BCUT2D eigenvalue weighted by Crippen LogP contribution is -2.39. The summed E-state index contributed by atoms with van der Waals surface area (Å²) in [6.45, 7) is 2.24. The minimum Gasteiger partial charge on any atom is -0.488 e. The molecule has 0 bridgehead atoms. The summed E-state index contributed by atoms with van der Waals surface area (Å²) in [6, 6.07) is 24.3. The quantitative estimate of drug-likeness (QED) is 0.177. The molecule has 1 aliphatic heterocycles. The first-order valence-corrected chi connectivity index (χ1v) is 15.9. The summed E-state index contributed by atoms with van der Waals surface area (Å²) in [5.74, 6) is -0.181. The van der Waals surface area contributed by atoms with E-state index in [2.05, 4.69) is 15.9 Å². The second-order valence-corrected chi connectivity index (χ2v) is 12.4. The van der Waals surface area contributed by atoms with Crippen molar-refractivity contribution in [2.24, 2.45) is 4.99 Å². The van der Waals surface area contributed by atoms with E-state index >= 15 is 0 Å². The van der Waals surface area contributed by atoms with Crippen LogP contribution < -0.4 is 19.6 Å². The number of thiazole rings is 1. The van der Waals surface area contributed by atoms with Gasteiger partial charge in [-0.25, -0.2) is 14.2 Å². The standard InChI is InChI=1S/C33H24BrFN2O4S2/c1-2-40-32(39)28-29(22-7-4-3-5-8-22)36-33-37(30(28)26-9-6-16-42-26)31(38)27(43-33)18-21-12-15-25(24(34)17-21)41-19-20-10-13-23(35)14-11-20/h3-18,30H,2,19H2,1H3/b27-18-/t30-/m1/s1. The first-order valence-electron chi connectivity index (χ1n) is 13.4. The van der Waals surface area contributed by atoms with Crippen molar-refractivity contribution < 1.29 is 18.7 Å². The van der Waals surface area contributed by atoms with Crippen LogP contribution in [-0.4, -0.2) is 17.1 Å². The van der Waals surface area contributed by atoms with Crippen LogP contribution in [0.15, 0.2) is 110 Å². The number of aromatic nitrogens is 1. The van der Waals surface area contributed by atoms with Crippen LogP contribution in [0.25, 0.3) is 11.8 Å². The first kappa shape index (κ1) is 29.0. The number of carbonyl (C=O) groups excluding carboxylic acids is 1. The molecule has 0 amide bonds. The molecule has 5 aromatic rings. The van der Waals surface area contributed by atoms with Gasteiger partial charge in [-0.1, -0.05) is 65.9 Å². The molecule has 0 saturated heterocycles. The van der Waals surface area contributed by atoms with Gasteiger partial charge in [0.1, 0.15) is 24.2 Å². The van der Waals surface area contributed by atoms with E-state index in [4.69, 9.17) is 14.5 Å². The lowest BCUT2D eigenvalue weighted by Gasteiger charge is -2.24. The number of thiophene rings is 1. The van der Waals surface area contributed by atoms with Gasteiger partial charge in [0.15, 0.2) is 4.80 Å². The number of nitrogens with zero attached hydrogens (tertiary/aromatic N) is 2. The van der Waals surface area contributed by atoms with E-state index in [-0.39, 0.29) is 24.6 Å². The highest BCUT2D eigenvalue weighted by Crippen LogP contribution is 2.37. The Hall–Kier alpha value is -4.12. The van der Waals surface area contributed by atoms with Crippen LogP contribution in [0.1, 0.15) is 34.5 Å². The first-order chi connectivity index (χ1) is 20.9. The Morgan fingerprint density at radius 3 is 2.56 bits per heavy atom. The van der Waals surface area contributed by atoms with E-state index in [0.717, 1.165) is 21.6 Å². The molecule has 0 saturated carbocycles. The predicted molar refractivity (Wildman–Crippen MR) is 170 cm³/mol. The fourth-order valence-corrected chi connectivity index (χ4v) is 7.11. The Morgan fingerprint density at radius 1 is 1.07 bits per heavy atom. The number of ether oxygens (including phenoxy) is 2. The fraction of sp³-hybridized carbons (Fsp3) is 0.121. The Balaban J connectivity index is 1.42. The molecular weight excluding hydrogens is 651 g/mol. The van der Waals surface area contributed by atoms with E-state index in [1.54, 1.807) is 29.7 Å². The number of rotatable bonds is 8. The highest BCUT2D eigenvalue weighted by molar-refractivity contribution is 9.10. The molecule has 216 valence electrons. The van der Waals surface area contributed by atoms with Gasteiger partial charge in [-0.15, -0.1) is 11.3 Å². The normalized spacial score (nSPS) is 14.8. The molecule has 10 heteroatoms. The van der Waals surface area contributed by atoms with Gasteiger partial charge >= 0.3 is 5.97 Å². The molecule has 0 N–H and O–H groups in total. The van der Waals surface area contributed by atoms with Crippen LogP contribution >= 0.6 is 38.6 Å². The van der Waals surface area contributed by atoms with E-state index in [1.165, 1.54) is 34.8 Å². The number of fused-ring (bicyclic) bond motifs is 1. The molecule has 0 unspecified atom stereocenters. The van der Waals surface area contributed by atoms with Crippen molar-refractivity contribution in [1.29, 1.82) is 0 Å². The molecule has 3 heterocycles. The molecule has 0 fully saturated rings. The average Bonchev–Trinajstić information content (AvgIpc) is 3.66.